The number of hydrogen-bond acceptors (Lipinski definition) is 12. The van der Waals surface area contributed by atoms with E-state index < -0.39 is 49.1 Å². The third kappa shape index (κ3) is 9.65. The summed E-state index contributed by atoms with van der Waals surface area (Å²) in [6.45, 7) is 20.5. The average molecular weight is 1050 g/mol. The van der Waals surface area contributed by atoms with Crippen LogP contribution in [-0.2, 0) is 27.2 Å². The van der Waals surface area contributed by atoms with Crippen molar-refractivity contribution in [3.8, 4) is 0 Å². The third-order valence-electron chi connectivity index (χ3n) is 21.1. The van der Waals surface area contributed by atoms with Gasteiger partial charge in [-0.15, -0.1) is 0 Å². The van der Waals surface area contributed by atoms with Crippen LogP contribution in [0.3, 0.4) is 0 Å². The molecule has 4 N–H and O–H groups in total. The van der Waals surface area contributed by atoms with Crippen LogP contribution in [0.4, 0.5) is 0 Å². The molecule has 2 heterocycles. The summed E-state index contributed by atoms with van der Waals surface area (Å²) in [5.41, 5.74) is -2.61. The lowest BCUT2D eigenvalue weighted by Gasteiger charge is -2.64. The summed E-state index contributed by atoms with van der Waals surface area (Å²) in [5, 5.41) is 20.8. The second-order valence-electron chi connectivity index (χ2n) is 27.0. The van der Waals surface area contributed by atoms with Gasteiger partial charge in [0.25, 0.3) is 0 Å². The van der Waals surface area contributed by atoms with Crippen LogP contribution in [-0.4, -0.2) is 54.6 Å². The van der Waals surface area contributed by atoms with E-state index in [0.29, 0.717) is 30.1 Å². The summed E-state index contributed by atoms with van der Waals surface area (Å²) in [4.78, 5) is 43.4. The fourth-order valence-electron chi connectivity index (χ4n) is 18.1. The van der Waals surface area contributed by atoms with Crippen LogP contribution in [0.25, 0.3) is 0 Å². The van der Waals surface area contributed by atoms with E-state index in [0.717, 1.165) is 120 Å². The normalized spacial score (nSPS) is 42.9. The van der Waals surface area contributed by atoms with Crippen molar-refractivity contribution in [2.75, 3.05) is 0 Å². The maximum Gasteiger partial charge on any atom is 0.476 e. The van der Waals surface area contributed by atoms with Gasteiger partial charge >= 0.3 is 26.9 Å². The standard InChI is InChI=1S/C32H51O7P.C24H35O7P/c1-28(2,3)37-40(35,38-29(4,5)6)39-32-18-15-24(21-9-12-27(34)36-20-21)31(32,8)17-14-25-26(32)11-10-22-19-23(33)13-16-30(22,25)7;1-22-10-7-17(25)13-16(22)4-5-20-19(22)8-11-23(2)18(15-3-6-21(26)30-14-15)9-12-24(20,23)31-32(27,28)29/h9,12,20,22-26,33H,10-11,13-19H2,1-8H3;3,6,14,16-20,25H,4-5,7-13H2,1-2H3,(H2,27,28,29)/t22-,23+,24-,25+,26-,30+,31-,32+;16-,17+,18-,19+,20-,22+,23-,24+/m11/s1. The molecule has 10 rings (SSSR count). The number of aliphatic hydroxyl groups excluding tert-OH is 2. The first kappa shape index (κ1) is 54.8. The molecule has 0 aliphatic heterocycles. The second-order valence-corrected chi connectivity index (χ2v) is 29.6. The molecule has 2 aromatic rings. The Balaban J connectivity index is 0.000000182. The lowest BCUT2D eigenvalue weighted by Crippen LogP contribution is -2.63. The van der Waals surface area contributed by atoms with Crippen molar-refractivity contribution in [3.63, 3.8) is 0 Å². The molecule has 16 atom stereocenters. The van der Waals surface area contributed by atoms with Crippen molar-refractivity contribution < 1.29 is 56.1 Å². The lowest BCUT2D eigenvalue weighted by atomic mass is 9.43. The van der Waals surface area contributed by atoms with Crippen LogP contribution in [0, 0.1) is 57.2 Å². The molecule has 2 aromatic heterocycles. The molecule has 0 amide bonds. The summed E-state index contributed by atoms with van der Waals surface area (Å²) in [6, 6.07) is 6.61. The molecule has 8 aliphatic rings. The number of rotatable bonds is 8. The molecule has 72 heavy (non-hydrogen) atoms. The molecule has 0 spiro atoms. The summed E-state index contributed by atoms with van der Waals surface area (Å²) in [6.07, 6.45) is 18.5. The van der Waals surface area contributed by atoms with Crippen molar-refractivity contribution in [1.29, 1.82) is 0 Å². The van der Waals surface area contributed by atoms with Crippen molar-refractivity contribution in [2.45, 2.75) is 231 Å². The van der Waals surface area contributed by atoms with Gasteiger partial charge < -0.3 is 28.8 Å². The smallest absolute Gasteiger partial charge is 0.431 e. The highest BCUT2D eigenvalue weighted by Crippen LogP contribution is 2.77. The van der Waals surface area contributed by atoms with Crippen molar-refractivity contribution in [1.82, 2.24) is 0 Å². The maximum atomic E-state index is 14.8. The zero-order valence-corrected chi connectivity index (χ0v) is 46.5. The fourth-order valence-corrected chi connectivity index (χ4v) is 21.3. The van der Waals surface area contributed by atoms with E-state index in [1.54, 1.807) is 12.3 Å². The Labute approximate surface area is 427 Å². The van der Waals surface area contributed by atoms with Gasteiger partial charge in [0.2, 0.25) is 0 Å². The van der Waals surface area contributed by atoms with Crippen LogP contribution < -0.4 is 11.3 Å². The predicted octanol–water partition coefficient (Wildman–Crippen LogP) is 12.4. The molecule has 0 saturated heterocycles. The zero-order valence-electron chi connectivity index (χ0n) is 44.7. The summed E-state index contributed by atoms with van der Waals surface area (Å²) in [5.74, 6) is 2.01. The first-order chi connectivity index (χ1) is 33.4. The van der Waals surface area contributed by atoms with Gasteiger partial charge in [0.1, 0.15) is 0 Å². The third-order valence-corrected chi connectivity index (χ3v) is 23.8. The highest BCUT2D eigenvalue weighted by Gasteiger charge is 2.72. The maximum absolute atomic E-state index is 14.8. The molecular formula is C56H86O14P2. The minimum atomic E-state index is -4.73. The van der Waals surface area contributed by atoms with Gasteiger partial charge in [0.05, 0.1) is 47.1 Å². The summed E-state index contributed by atoms with van der Waals surface area (Å²) in [7, 11) is -8.75. The van der Waals surface area contributed by atoms with Crippen molar-refractivity contribution in [2.24, 2.45) is 57.2 Å². The largest absolute Gasteiger partial charge is 0.476 e. The highest BCUT2D eigenvalue weighted by atomic mass is 31.2. The molecule has 8 saturated carbocycles. The topological polar surface area (TPSA) is 212 Å². The fraction of sp³-hybridized carbons (Fsp3) is 0.821. The molecule has 8 aliphatic carbocycles. The van der Waals surface area contributed by atoms with E-state index >= 15 is 0 Å². The van der Waals surface area contributed by atoms with Crippen LogP contribution >= 0.6 is 15.6 Å². The Morgan fingerprint density at radius 2 is 0.931 bits per heavy atom. The van der Waals surface area contributed by atoms with Gasteiger partial charge in [-0.2, -0.15) is 0 Å². The quantitative estimate of drug-likeness (QED) is 0.181. The first-order valence-corrected chi connectivity index (χ1v) is 30.4. The average Bonchev–Trinajstić information content (AvgIpc) is 3.73. The SMILES string of the molecule is CC(C)(C)OP(=O)(OC(C)(C)C)O[C@]12CC[C@H](c3ccc(=O)oc3)[C@@]1(C)CC[C@H]1[C@H]2CC[C@@H]2C[C@@H](O)CC[C@@]21C.C[C@]12CC[C@H](O)C[C@H]1CC[C@@H]1[C@@H]2CC[C@]2(C)[C@@H](c3ccc(=O)oc3)CC[C@]12OP(=O)(O)O. The highest BCUT2D eigenvalue weighted by molar-refractivity contribution is 7.48. The van der Waals surface area contributed by atoms with Gasteiger partial charge in [-0.05, 0) is 239 Å². The van der Waals surface area contributed by atoms with Crippen LogP contribution in [0.5, 0.6) is 0 Å². The number of hydrogen-bond donors (Lipinski definition) is 4. The van der Waals surface area contributed by atoms with Gasteiger partial charge in [-0.1, -0.05) is 27.7 Å². The van der Waals surface area contributed by atoms with E-state index in [9.17, 15) is 38.7 Å². The molecular weight excluding hydrogens is 959 g/mol. The van der Waals surface area contributed by atoms with Crippen molar-refractivity contribution in [3.05, 3.63) is 68.8 Å². The molecule has 0 bridgehead atoms. The molecule has 404 valence electrons. The van der Waals surface area contributed by atoms with E-state index in [4.69, 9.17) is 26.9 Å². The first-order valence-electron chi connectivity index (χ1n) is 27.4. The summed E-state index contributed by atoms with van der Waals surface area (Å²) < 4.78 is 63.1. The second kappa shape index (κ2) is 18.9. The number of phosphoric ester groups is 2. The zero-order chi connectivity index (χ0) is 52.3. The minimum absolute atomic E-state index is 0.0121. The molecule has 14 nitrogen and oxygen atoms in total. The van der Waals surface area contributed by atoms with Gasteiger partial charge in [-0.3, -0.25) is 18.1 Å². The molecule has 16 heteroatoms. The minimum Gasteiger partial charge on any atom is -0.431 e. The predicted molar refractivity (Wildman–Crippen MR) is 273 cm³/mol. The number of aliphatic hydroxyl groups is 2. The Morgan fingerprint density at radius 1 is 0.528 bits per heavy atom. The van der Waals surface area contributed by atoms with E-state index in [1.807, 2.05) is 47.6 Å². The lowest BCUT2D eigenvalue weighted by molar-refractivity contribution is -0.204. The Morgan fingerprint density at radius 3 is 1.29 bits per heavy atom. The van der Waals surface area contributed by atoms with E-state index in [2.05, 4.69) is 27.7 Å². The molecule has 0 aromatic carbocycles. The van der Waals surface area contributed by atoms with Crippen LogP contribution in [0.2, 0.25) is 0 Å². The monoisotopic (exact) mass is 1040 g/mol. The molecule has 8 fully saturated rings. The van der Waals surface area contributed by atoms with Gasteiger partial charge in [0.15, 0.2) is 0 Å². The van der Waals surface area contributed by atoms with Gasteiger partial charge in [-0.25, -0.2) is 18.7 Å². The molecule has 0 unspecified atom stereocenters. The van der Waals surface area contributed by atoms with Crippen LogP contribution in [0.15, 0.2) is 55.2 Å². The Kier molecular flexibility index (Phi) is 14.4. The van der Waals surface area contributed by atoms with Gasteiger partial charge in [0, 0.05) is 23.0 Å². The Bertz CT molecular complexity index is 2460. The summed E-state index contributed by atoms with van der Waals surface area (Å²) >= 11 is 0. The number of fused-ring (bicyclic) bond motifs is 10. The van der Waals surface area contributed by atoms with Crippen molar-refractivity contribution >= 4 is 15.6 Å². The number of phosphoric acid groups is 2. The molecule has 0 radical (unpaired) electrons. The Hall–Kier alpha value is -1.96. The van der Waals surface area contributed by atoms with E-state index in [-0.39, 0.29) is 57.8 Å². The van der Waals surface area contributed by atoms with Crippen LogP contribution in [0.1, 0.15) is 208 Å². The van der Waals surface area contributed by atoms with E-state index in [1.165, 1.54) is 18.4 Å².